The summed E-state index contributed by atoms with van der Waals surface area (Å²) >= 11 is 7.37. The molecule has 0 aliphatic carbocycles. The van der Waals surface area contributed by atoms with Crippen LogP contribution in [0.25, 0.3) is 17.2 Å². The number of hydrogen-bond acceptors (Lipinski definition) is 6. The minimum absolute atomic E-state index is 0.216. The molecule has 1 heterocycles. The second kappa shape index (κ2) is 13.1. The van der Waals surface area contributed by atoms with Crippen molar-refractivity contribution in [1.29, 1.82) is 0 Å². The van der Waals surface area contributed by atoms with Crippen molar-refractivity contribution in [2.75, 3.05) is 19.0 Å². The molecule has 4 rings (SSSR count). The molecule has 3 aromatic carbocycles. The van der Waals surface area contributed by atoms with E-state index in [2.05, 4.69) is 5.32 Å². The number of thiophene rings is 1. The highest BCUT2D eigenvalue weighted by Gasteiger charge is 2.25. The van der Waals surface area contributed by atoms with Gasteiger partial charge in [0.2, 0.25) is 5.91 Å². The van der Waals surface area contributed by atoms with E-state index in [4.69, 9.17) is 25.8 Å². The maximum atomic E-state index is 12.9. The third-order valence-corrected chi connectivity index (χ3v) is 7.06. The fraction of sp³-hybridized carbons (Fsp3) is 0.161. The highest BCUT2D eigenvalue weighted by molar-refractivity contribution is 7.17. The minimum Gasteiger partial charge on any atom is -0.493 e. The first-order valence-corrected chi connectivity index (χ1v) is 13.5. The van der Waals surface area contributed by atoms with E-state index in [0.717, 1.165) is 21.6 Å². The molecule has 200 valence electrons. The highest BCUT2D eigenvalue weighted by Crippen LogP contribution is 2.40. The molecule has 0 atom stereocenters. The van der Waals surface area contributed by atoms with Crippen LogP contribution in [0.5, 0.6) is 11.5 Å². The molecule has 0 saturated heterocycles. The average Bonchev–Trinajstić information content (AvgIpc) is 3.27. The Morgan fingerprint density at radius 1 is 1.00 bits per heavy atom. The van der Waals surface area contributed by atoms with E-state index in [0.29, 0.717) is 39.3 Å². The number of carbonyl (C=O) groups is 2. The Hall–Kier alpha value is -4.07. The summed E-state index contributed by atoms with van der Waals surface area (Å²) in [6.07, 6.45) is 3.08. The van der Waals surface area contributed by atoms with E-state index < -0.39 is 5.97 Å². The number of rotatable bonds is 10. The molecule has 0 bridgehead atoms. The lowest BCUT2D eigenvalue weighted by Gasteiger charge is -2.11. The number of ether oxygens (including phenoxy) is 3. The van der Waals surface area contributed by atoms with Crippen LogP contribution in [-0.4, -0.2) is 25.6 Å². The number of amides is 1. The number of aryl methyl sites for hydroxylation is 1. The zero-order chi connectivity index (χ0) is 27.8. The third kappa shape index (κ3) is 7.07. The molecule has 4 aromatic rings. The lowest BCUT2D eigenvalue weighted by molar-refractivity contribution is -0.111. The lowest BCUT2D eigenvalue weighted by atomic mass is 10.0. The molecule has 1 N–H and O–H groups in total. The van der Waals surface area contributed by atoms with Crippen LogP contribution in [0.4, 0.5) is 5.00 Å². The number of anilines is 1. The zero-order valence-electron chi connectivity index (χ0n) is 21.8. The van der Waals surface area contributed by atoms with Crippen LogP contribution in [0.1, 0.15) is 33.3 Å². The van der Waals surface area contributed by atoms with Crippen molar-refractivity contribution < 1.29 is 23.8 Å². The first-order valence-electron chi connectivity index (χ1n) is 12.3. The minimum atomic E-state index is -0.498. The van der Waals surface area contributed by atoms with Crippen LogP contribution < -0.4 is 14.8 Å². The van der Waals surface area contributed by atoms with Gasteiger partial charge in [0.25, 0.3) is 0 Å². The van der Waals surface area contributed by atoms with Crippen LogP contribution >= 0.6 is 22.9 Å². The highest BCUT2D eigenvalue weighted by atomic mass is 35.5. The molecule has 0 radical (unpaired) electrons. The van der Waals surface area contributed by atoms with Gasteiger partial charge in [0.1, 0.15) is 17.2 Å². The fourth-order valence-corrected chi connectivity index (χ4v) is 5.16. The molecule has 0 aliphatic heterocycles. The Bertz CT molecular complexity index is 1480. The second-order valence-corrected chi connectivity index (χ2v) is 10.1. The molecule has 0 unspecified atom stereocenters. The number of carbonyl (C=O) groups excluding carboxylic acids is 2. The largest absolute Gasteiger partial charge is 0.493 e. The molecule has 0 spiro atoms. The van der Waals surface area contributed by atoms with E-state index in [-0.39, 0.29) is 12.5 Å². The first-order chi connectivity index (χ1) is 18.9. The Labute approximate surface area is 236 Å². The smallest absolute Gasteiger partial charge is 0.341 e. The van der Waals surface area contributed by atoms with Crippen molar-refractivity contribution in [2.24, 2.45) is 0 Å². The van der Waals surface area contributed by atoms with Gasteiger partial charge in [-0.1, -0.05) is 60.1 Å². The van der Waals surface area contributed by atoms with Gasteiger partial charge in [-0.15, -0.1) is 11.3 Å². The van der Waals surface area contributed by atoms with Crippen molar-refractivity contribution >= 4 is 45.9 Å². The summed E-state index contributed by atoms with van der Waals surface area (Å²) in [5, 5.41) is 3.87. The maximum absolute atomic E-state index is 12.9. The van der Waals surface area contributed by atoms with Crippen LogP contribution in [0, 0.1) is 6.92 Å². The maximum Gasteiger partial charge on any atom is 0.341 e. The SMILES string of the molecule is CCOC(=O)c1c(NC(=O)C=Cc2ccc(OCc3ccccc3)c(OC)c2)sc(C)c1-c1ccc(Cl)cc1. The van der Waals surface area contributed by atoms with Crippen molar-refractivity contribution in [1.82, 2.24) is 0 Å². The molecule has 1 amide bonds. The number of esters is 1. The molecule has 39 heavy (non-hydrogen) atoms. The Balaban J connectivity index is 1.52. The Kier molecular flexibility index (Phi) is 9.41. The van der Waals surface area contributed by atoms with E-state index in [9.17, 15) is 9.59 Å². The summed E-state index contributed by atoms with van der Waals surface area (Å²) in [7, 11) is 1.57. The summed E-state index contributed by atoms with van der Waals surface area (Å²) in [6.45, 7) is 4.27. The van der Waals surface area contributed by atoms with Crippen molar-refractivity contribution in [3.05, 3.63) is 105 Å². The summed E-state index contributed by atoms with van der Waals surface area (Å²) < 4.78 is 16.7. The van der Waals surface area contributed by atoms with Crippen molar-refractivity contribution in [3.63, 3.8) is 0 Å². The lowest BCUT2D eigenvalue weighted by Crippen LogP contribution is -2.12. The molecule has 0 aliphatic rings. The van der Waals surface area contributed by atoms with E-state index in [1.54, 1.807) is 44.4 Å². The quantitative estimate of drug-likeness (QED) is 0.158. The van der Waals surface area contributed by atoms with Gasteiger partial charge < -0.3 is 19.5 Å². The van der Waals surface area contributed by atoms with Gasteiger partial charge in [-0.3, -0.25) is 4.79 Å². The normalized spacial score (nSPS) is 10.9. The molecule has 0 fully saturated rings. The number of benzene rings is 3. The van der Waals surface area contributed by atoms with Gasteiger partial charge >= 0.3 is 5.97 Å². The zero-order valence-corrected chi connectivity index (χ0v) is 23.4. The first kappa shape index (κ1) is 28.0. The molecular formula is C31H28ClNO5S. The molecule has 1 aromatic heterocycles. The van der Waals surface area contributed by atoms with Crippen LogP contribution in [0.3, 0.4) is 0 Å². The van der Waals surface area contributed by atoms with Gasteiger partial charge in [0.15, 0.2) is 11.5 Å². The van der Waals surface area contributed by atoms with Gasteiger partial charge in [-0.2, -0.15) is 0 Å². The second-order valence-electron chi connectivity index (χ2n) is 8.47. The van der Waals surface area contributed by atoms with Crippen molar-refractivity contribution in [2.45, 2.75) is 20.5 Å². The standard InChI is InChI=1S/C31H28ClNO5S/c1-4-37-31(35)29-28(23-12-14-24(32)15-13-23)20(2)39-30(29)33-27(34)17-11-21-10-16-25(26(18-21)36-3)38-19-22-8-6-5-7-9-22/h5-18H,4,19H2,1-3H3,(H,33,34). The van der Waals surface area contributed by atoms with Gasteiger partial charge in [0, 0.05) is 21.5 Å². The predicted octanol–water partition coefficient (Wildman–Crippen LogP) is 7.79. The van der Waals surface area contributed by atoms with E-state index in [1.165, 1.54) is 17.4 Å². The molecule has 0 saturated carbocycles. The number of methoxy groups -OCH3 is 1. The summed E-state index contributed by atoms with van der Waals surface area (Å²) in [6, 6.07) is 22.5. The summed E-state index contributed by atoms with van der Waals surface area (Å²) in [5.41, 5.74) is 3.65. The molecule has 6 nitrogen and oxygen atoms in total. The molecular weight excluding hydrogens is 534 g/mol. The van der Waals surface area contributed by atoms with Crippen LogP contribution in [-0.2, 0) is 16.1 Å². The van der Waals surface area contributed by atoms with Gasteiger partial charge in [-0.25, -0.2) is 4.79 Å². The number of hydrogen-bond donors (Lipinski definition) is 1. The van der Waals surface area contributed by atoms with Gasteiger partial charge in [-0.05, 0) is 60.9 Å². The van der Waals surface area contributed by atoms with Gasteiger partial charge in [0.05, 0.1) is 13.7 Å². The number of halogens is 1. The fourth-order valence-electron chi connectivity index (χ4n) is 3.96. The monoisotopic (exact) mass is 561 g/mol. The topological polar surface area (TPSA) is 73.9 Å². The summed E-state index contributed by atoms with van der Waals surface area (Å²) in [5.74, 6) is 0.278. The average molecular weight is 562 g/mol. The Morgan fingerprint density at radius 3 is 2.44 bits per heavy atom. The van der Waals surface area contributed by atoms with Crippen molar-refractivity contribution in [3.8, 4) is 22.6 Å². The van der Waals surface area contributed by atoms with E-state index >= 15 is 0 Å². The third-order valence-electron chi connectivity index (χ3n) is 5.79. The van der Waals surface area contributed by atoms with E-state index in [1.807, 2.05) is 55.5 Å². The van der Waals surface area contributed by atoms with Crippen LogP contribution in [0.2, 0.25) is 5.02 Å². The Morgan fingerprint density at radius 2 is 1.74 bits per heavy atom. The predicted molar refractivity (Wildman–Crippen MR) is 157 cm³/mol. The van der Waals surface area contributed by atoms with Crippen LogP contribution in [0.15, 0.2) is 78.9 Å². The number of nitrogens with one attached hydrogen (secondary N) is 1. The molecule has 8 heteroatoms. The summed E-state index contributed by atoms with van der Waals surface area (Å²) in [4.78, 5) is 26.7.